The number of nitro benzene ring substituents is 1. The van der Waals surface area contributed by atoms with Crippen LogP contribution in [0, 0.1) is 10.1 Å². The molecule has 0 heterocycles. The molecule has 0 amide bonds. The molecule has 1 aromatic carbocycles. The number of carbonyl (C=O) groups excluding carboxylic acids is 1. The fourth-order valence-corrected chi connectivity index (χ4v) is 1.98. The molecule has 0 saturated carbocycles. The van der Waals surface area contributed by atoms with E-state index < -0.39 is 23.8 Å². The van der Waals surface area contributed by atoms with Crippen molar-refractivity contribution < 1.29 is 18.1 Å². The zero-order chi connectivity index (χ0) is 13.2. The first kappa shape index (κ1) is 14.0. The molecule has 0 N–H and O–H groups in total. The van der Waals surface area contributed by atoms with Crippen molar-refractivity contribution in [2.24, 2.45) is 0 Å². The minimum atomic E-state index is -3.52. The monoisotopic (exact) mass is 369 g/mol. The van der Waals surface area contributed by atoms with Crippen molar-refractivity contribution in [2.75, 3.05) is 6.26 Å². The Bertz CT molecular complexity index is 569. The normalized spacial score (nSPS) is 13.1. The maximum absolute atomic E-state index is 11.8. The number of alkyl halides is 1. The number of halogens is 1. The minimum Gasteiger partial charge on any atom is -0.292 e. The van der Waals surface area contributed by atoms with E-state index in [2.05, 4.69) is 0 Å². The first-order valence-electron chi connectivity index (χ1n) is 4.35. The van der Waals surface area contributed by atoms with Gasteiger partial charge >= 0.3 is 0 Å². The van der Waals surface area contributed by atoms with E-state index in [1.54, 1.807) is 0 Å². The molecule has 0 aliphatic carbocycles. The predicted molar refractivity (Wildman–Crippen MR) is 70.1 cm³/mol. The Labute approximate surface area is 111 Å². The molecule has 1 atom stereocenters. The number of Topliss-reactive ketones (excluding diaryl/α,β-unsaturated/α-hetero) is 1. The Kier molecular flexibility index (Phi) is 4.20. The van der Waals surface area contributed by atoms with Crippen molar-refractivity contribution in [3.8, 4) is 0 Å². The van der Waals surface area contributed by atoms with E-state index in [0.29, 0.717) is 0 Å². The van der Waals surface area contributed by atoms with Crippen molar-refractivity contribution in [1.29, 1.82) is 0 Å². The van der Waals surface area contributed by atoms with Gasteiger partial charge in [0.15, 0.2) is 18.9 Å². The lowest BCUT2D eigenvalue weighted by molar-refractivity contribution is -0.384. The summed E-state index contributed by atoms with van der Waals surface area (Å²) in [6.45, 7) is 0. The number of sulfone groups is 1. The summed E-state index contributed by atoms with van der Waals surface area (Å²) >= 11 is 1.50. The first-order chi connectivity index (χ1) is 7.73. The second-order valence-electron chi connectivity index (χ2n) is 3.32. The molecule has 0 unspecified atom stereocenters. The van der Waals surface area contributed by atoms with E-state index in [1.165, 1.54) is 40.8 Å². The lowest BCUT2D eigenvalue weighted by atomic mass is 10.1. The molecular weight excluding hydrogens is 361 g/mol. The molecule has 0 aliphatic rings. The number of carbonyl (C=O) groups is 1. The van der Waals surface area contributed by atoms with E-state index in [-0.39, 0.29) is 11.3 Å². The number of hydrogen-bond donors (Lipinski definition) is 0. The third-order valence-corrected chi connectivity index (χ3v) is 6.23. The highest BCUT2D eigenvalue weighted by atomic mass is 127. The Hall–Kier alpha value is -1.03. The molecule has 1 rings (SSSR count). The van der Waals surface area contributed by atoms with Gasteiger partial charge in [-0.2, -0.15) is 0 Å². The second-order valence-corrected chi connectivity index (χ2v) is 7.54. The zero-order valence-electron chi connectivity index (χ0n) is 8.66. The van der Waals surface area contributed by atoms with Gasteiger partial charge in [-0.3, -0.25) is 14.9 Å². The van der Waals surface area contributed by atoms with Crippen LogP contribution in [0.2, 0.25) is 0 Å². The van der Waals surface area contributed by atoms with Crippen molar-refractivity contribution in [1.82, 2.24) is 0 Å². The number of rotatable bonds is 4. The van der Waals surface area contributed by atoms with E-state index >= 15 is 0 Å². The summed E-state index contributed by atoms with van der Waals surface area (Å²) in [6, 6.07) is 5.00. The number of benzene rings is 1. The number of hydrogen-bond acceptors (Lipinski definition) is 5. The number of nitrogens with zero attached hydrogens (tertiary/aromatic N) is 1. The predicted octanol–water partition coefficient (Wildman–Crippen LogP) is 1.58. The summed E-state index contributed by atoms with van der Waals surface area (Å²) in [6.07, 6.45) is 0.944. The van der Waals surface area contributed by atoms with Gasteiger partial charge in [0, 0.05) is 24.0 Å². The molecule has 92 valence electrons. The summed E-state index contributed by atoms with van der Waals surface area (Å²) < 4.78 is 21.2. The molecule has 0 spiro atoms. The highest BCUT2D eigenvalue weighted by molar-refractivity contribution is 14.1. The smallest absolute Gasteiger partial charge is 0.270 e. The van der Waals surface area contributed by atoms with Crippen LogP contribution in [0.3, 0.4) is 0 Å². The second kappa shape index (κ2) is 5.08. The topological polar surface area (TPSA) is 94.3 Å². The fraction of sp³-hybridized carbons (Fsp3) is 0.222. The van der Waals surface area contributed by atoms with Crippen molar-refractivity contribution in [3.63, 3.8) is 0 Å². The van der Waals surface area contributed by atoms with Gasteiger partial charge in [-0.1, -0.05) is 34.7 Å². The van der Waals surface area contributed by atoms with Crippen molar-refractivity contribution >= 4 is 43.9 Å². The standard InChI is InChI=1S/C9H8INO5S/c1-17(15,16)9(10)8(12)6-3-2-4-7(5-6)11(13)14/h2-5,9H,1H3/t9-/m1/s1. The van der Waals surface area contributed by atoms with Gasteiger partial charge in [0.1, 0.15) is 0 Å². The van der Waals surface area contributed by atoms with Gasteiger partial charge < -0.3 is 0 Å². The van der Waals surface area contributed by atoms with Crippen LogP contribution < -0.4 is 0 Å². The molecule has 0 radical (unpaired) electrons. The van der Waals surface area contributed by atoms with Gasteiger partial charge in [0.05, 0.1) is 4.92 Å². The SMILES string of the molecule is CS(=O)(=O)[C@@H](I)C(=O)c1cccc([N+](=O)[O-])c1. The van der Waals surface area contributed by atoms with E-state index in [0.717, 1.165) is 12.3 Å². The van der Waals surface area contributed by atoms with E-state index in [4.69, 9.17) is 0 Å². The molecule has 8 heteroatoms. The lowest BCUT2D eigenvalue weighted by Gasteiger charge is -2.06. The van der Waals surface area contributed by atoms with Gasteiger partial charge in [0.25, 0.3) is 5.69 Å². The number of non-ortho nitro benzene ring substituents is 1. The summed E-state index contributed by atoms with van der Waals surface area (Å²) in [7, 11) is -3.52. The average Bonchev–Trinajstić information content (AvgIpc) is 2.26. The van der Waals surface area contributed by atoms with Crippen LogP contribution in [0.5, 0.6) is 0 Å². The molecule has 0 aliphatic heterocycles. The van der Waals surface area contributed by atoms with E-state index in [1.807, 2.05) is 0 Å². The van der Waals surface area contributed by atoms with Gasteiger partial charge in [-0.15, -0.1) is 0 Å². The largest absolute Gasteiger partial charge is 0.292 e. The quantitative estimate of drug-likeness (QED) is 0.264. The summed E-state index contributed by atoms with van der Waals surface area (Å²) in [5.41, 5.74) is -0.225. The average molecular weight is 369 g/mol. The third-order valence-electron chi connectivity index (χ3n) is 1.92. The lowest BCUT2D eigenvalue weighted by Crippen LogP contribution is -2.23. The van der Waals surface area contributed by atoms with Crippen LogP contribution in [0.15, 0.2) is 24.3 Å². The van der Waals surface area contributed by atoms with Crippen LogP contribution in [-0.4, -0.2) is 28.6 Å². The molecule has 0 bridgehead atoms. The Morgan fingerprint density at radius 1 is 1.47 bits per heavy atom. The molecule has 0 saturated heterocycles. The minimum absolute atomic E-state index is 0.0176. The first-order valence-corrected chi connectivity index (χ1v) is 7.55. The third kappa shape index (κ3) is 3.46. The van der Waals surface area contributed by atoms with Crippen LogP contribution in [0.4, 0.5) is 5.69 Å². The van der Waals surface area contributed by atoms with Crippen molar-refractivity contribution in [3.05, 3.63) is 39.9 Å². The van der Waals surface area contributed by atoms with Crippen LogP contribution in [0.25, 0.3) is 0 Å². The van der Waals surface area contributed by atoms with Gasteiger partial charge in [0.2, 0.25) is 0 Å². The molecule has 6 nitrogen and oxygen atoms in total. The maximum atomic E-state index is 11.8. The molecule has 1 aromatic rings. The maximum Gasteiger partial charge on any atom is 0.270 e. The number of nitro groups is 1. The Morgan fingerprint density at radius 2 is 2.06 bits per heavy atom. The number of ketones is 1. The fourth-order valence-electron chi connectivity index (χ4n) is 1.10. The van der Waals surface area contributed by atoms with Crippen LogP contribution >= 0.6 is 22.6 Å². The zero-order valence-corrected chi connectivity index (χ0v) is 11.6. The highest BCUT2D eigenvalue weighted by Gasteiger charge is 2.27. The summed E-state index contributed by atoms with van der Waals surface area (Å²) in [4.78, 5) is 21.6. The van der Waals surface area contributed by atoms with Crippen LogP contribution in [0.1, 0.15) is 10.4 Å². The van der Waals surface area contributed by atoms with Crippen molar-refractivity contribution in [2.45, 2.75) is 3.26 Å². The summed E-state index contributed by atoms with van der Waals surface area (Å²) in [5.74, 6) is -0.656. The Balaban J connectivity index is 3.14. The van der Waals surface area contributed by atoms with Crippen LogP contribution in [-0.2, 0) is 9.84 Å². The van der Waals surface area contributed by atoms with Gasteiger partial charge in [-0.05, 0) is 0 Å². The molecule has 17 heavy (non-hydrogen) atoms. The molecule has 0 aromatic heterocycles. The molecular formula is C9H8INO5S. The van der Waals surface area contributed by atoms with Gasteiger partial charge in [-0.25, -0.2) is 8.42 Å². The Morgan fingerprint density at radius 3 is 2.53 bits per heavy atom. The molecule has 0 fully saturated rings. The summed E-state index contributed by atoms with van der Waals surface area (Å²) in [5, 5.41) is 10.5. The van der Waals surface area contributed by atoms with E-state index in [9.17, 15) is 23.3 Å². The highest BCUT2D eigenvalue weighted by Crippen LogP contribution is 2.19.